The Morgan fingerprint density at radius 3 is 2.58 bits per heavy atom. The number of hydrogen-bond acceptors (Lipinski definition) is 5. The molecule has 0 aromatic heterocycles. The summed E-state index contributed by atoms with van der Waals surface area (Å²) in [6.45, 7) is -0.348. The highest BCUT2D eigenvalue weighted by atomic mass is 35.5. The third-order valence-corrected chi connectivity index (χ3v) is 4.37. The van der Waals surface area contributed by atoms with Gasteiger partial charge in [0.25, 0.3) is 0 Å². The van der Waals surface area contributed by atoms with Crippen LogP contribution in [0.5, 0.6) is 0 Å². The standard InChI is InChI=1S/C9H11Cl2N3O4S/c10-5-1-2-6(7(11)8(5)12)19(16,17)14-3-4-18-9(13)15/h1-2,14H,3-4,12H2,(H2,13,15). The van der Waals surface area contributed by atoms with Crippen LogP contribution in [0.25, 0.3) is 0 Å². The first kappa shape index (κ1) is 15.8. The number of primary amides is 1. The van der Waals surface area contributed by atoms with E-state index in [2.05, 4.69) is 9.46 Å². The lowest BCUT2D eigenvalue weighted by atomic mass is 10.3. The fraction of sp³-hybridized carbons (Fsp3) is 0.222. The van der Waals surface area contributed by atoms with Crippen LogP contribution in [0.4, 0.5) is 10.5 Å². The van der Waals surface area contributed by atoms with E-state index in [1.54, 1.807) is 0 Å². The van der Waals surface area contributed by atoms with E-state index < -0.39 is 16.1 Å². The second kappa shape index (κ2) is 6.29. The van der Waals surface area contributed by atoms with Crippen molar-refractivity contribution in [1.82, 2.24) is 4.72 Å². The van der Waals surface area contributed by atoms with Crippen molar-refractivity contribution in [2.75, 3.05) is 18.9 Å². The lowest BCUT2D eigenvalue weighted by molar-refractivity contribution is 0.159. The van der Waals surface area contributed by atoms with E-state index in [1.807, 2.05) is 0 Å². The van der Waals surface area contributed by atoms with Crippen molar-refractivity contribution in [2.45, 2.75) is 4.90 Å². The van der Waals surface area contributed by atoms with Crippen molar-refractivity contribution in [3.8, 4) is 0 Å². The summed E-state index contributed by atoms with van der Waals surface area (Å²) in [4.78, 5) is 10.1. The molecular formula is C9H11Cl2N3O4S. The minimum atomic E-state index is -3.88. The van der Waals surface area contributed by atoms with Crippen molar-refractivity contribution in [3.05, 3.63) is 22.2 Å². The monoisotopic (exact) mass is 327 g/mol. The highest BCUT2D eigenvalue weighted by molar-refractivity contribution is 7.89. The maximum Gasteiger partial charge on any atom is 0.404 e. The predicted molar refractivity (Wildman–Crippen MR) is 71.6 cm³/mol. The van der Waals surface area contributed by atoms with Gasteiger partial charge in [0.05, 0.1) is 15.7 Å². The Balaban J connectivity index is 2.84. The van der Waals surface area contributed by atoms with Gasteiger partial charge in [0.1, 0.15) is 11.5 Å². The minimum Gasteiger partial charge on any atom is -0.448 e. The molecule has 0 unspecified atom stereocenters. The van der Waals surface area contributed by atoms with Crippen LogP contribution in [-0.4, -0.2) is 27.7 Å². The fourth-order valence-electron chi connectivity index (χ4n) is 1.16. The van der Waals surface area contributed by atoms with E-state index in [-0.39, 0.29) is 33.8 Å². The number of nitrogens with one attached hydrogen (secondary N) is 1. The van der Waals surface area contributed by atoms with Crippen LogP contribution in [0.3, 0.4) is 0 Å². The summed E-state index contributed by atoms with van der Waals surface area (Å²) in [7, 11) is -3.88. The molecule has 0 radical (unpaired) electrons. The second-order valence-electron chi connectivity index (χ2n) is 3.34. The lowest BCUT2D eigenvalue weighted by Gasteiger charge is -2.10. The van der Waals surface area contributed by atoms with Crippen LogP contribution in [0, 0.1) is 0 Å². The van der Waals surface area contributed by atoms with Crippen molar-refractivity contribution in [3.63, 3.8) is 0 Å². The molecular weight excluding hydrogens is 317 g/mol. The van der Waals surface area contributed by atoms with E-state index in [0.29, 0.717) is 0 Å². The van der Waals surface area contributed by atoms with E-state index in [4.69, 9.17) is 34.7 Å². The molecule has 0 aliphatic carbocycles. The van der Waals surface area contributed by atoms with Crippen LogP contribution in [0.2, 0.25) is 10.0 Å². The summed E-state index contributed by atoms with van der Waals surface area (Å²) < 4.78 is 30.3. The number of carbonyl (C=O) groups excluding carboxylic acids is 1. The molecule has 106 valence electrons. The number of anilines is 1. The van der Waals surface area contributed by atoms with Crippen LogP contribution >= 0.6 is 23.2 Å². The number of sulfonamides is 1. The van der Waals surface area contributed by atoms with Crippen molar-refractivity contribution in [1.29, 1.82) is 0 Å². The molecule has 0 atom stereocenters. The maximum atomic E-state index is 11.9. The molecule has 19 heavy (non-hydrogen) atoms. The van der Waals surface area contributed by atoms with Crippen molar-refractivity contribution in [2.24, 2.45) is 5.73 Å². The van der Waals surface area contributed by atoms with Gasteiger partial charge in [-0.3, -0.25) is 0 Å². The maximum absolute atomic E-state index is 11.9. The Morgan fingerprint density at radius 2 is 2.00 bits per heavy atom. The van der Waals surface area contributed by atoms with Crippen LogP contribution < -0.4 is 16.2 Å². The smallest absolute Gasteiger partial charge is 0.404 e. The van der Waals surface area contributed by atoms with Gasteiger partial charge < -0.3 is 16.2 Å². The zero-order valence-corrected chi connectivity index (χ0v) is 11.8. The third kappa shape index (κ3) is 4.13. The van der Waals surface area contributed by atoms with E-state index in [9.17, 15) is 13.2 Å². The second-order valence-corrected chi connectivity index (χ2v) is 5.86. The topological polar surface area (TPSA) is 125 Å². The summed E-state index contributed by atoms with van der Waals surface area (Å²) in [5.74, 6) is 0. The molecule has 7 nitrogen and oxygen atoms in total. The van der Waals surface area contributed by atoms with Gasteiger partial charge in [0.2, 0.25) is 10.0 Å². The molecule has 10 heteroatoms. The van der Waals surface area contributed by atoms with E-state index >= 15 is 0 Å². The summed E-state index contributed by atoms with van der Waals surface area (Å²) in [5.41, 5.74) is 10.2. The van der Waals surface area contributed by atoms with Crippen molar-refractivity contribution >= 4 is 45.0 Å². The number of nitrogens with two attached hydrogens (primary N) is 2. The molecule has 5 N–H and O–H groups in total. The molecule has 0 saturated heterocycles. The Bertz CT molecular complexity index is 591. The van der Waals surface area contributed by atoms with Crippen LogP contribution in [0.1, 0.15) is 0 Å². The number of carbonyl (C=O) groups is 1. The number of halogens is 2. The van der Waals surface area contributed by atoms with Gasteiger partial charge >= 0.3 is 6.09 Å². The van der Waals surface area contributed by atoms with Crippen molar-refractivity contribution < 1.29 is 17.9 Å². The normalized spacial score (nSPS) is 11.3. The fourth-order valence-corrected chi connectivity index (χ4v) is 2.94. The Morgan fingerprint density at radius 1 is 1.37 bits per heavy atom. The third-order valence-electron chi connectivity index (χ3n) is 2.02. The molecule has 0 heterocycles. The zero-order valence-electron chi connectivity index (χ0n) is 9.52. The van der Waals surface area contributed by atoms with E-state index in [0.717, 1.165) is 0 Å². The molecule has 0 fully saturated rings. The first-order valence-corrected chi connectivity index (χ1v) is 7.15. The quantitative estimate of drug-likeness (QED) is 0.548. The van der Waals surface area contributed by atoms with Gasteiger partial charge in [-0.05, 0) is 12.1 Å². The molecule has 0 spiro atoms. The Labute approximate surface area is 119 Å². The summed E-state index contributed by atoms with van der Waals surface area (Å²) in [6, 6.07) is 2.54. The molecule has 1 aromatic rings. The largest absolute Gasteiger partial charge is 0.448 e. The predicted octanol–water partition coefficient (Wildman–Crippen LogP) is 0.949. The first-order valence-electron chi connectivity index (χ1n) is 4.91. The SMILES string of the molecule is NC(=O)OCCNS(=O)(=O)c1ccc(Cl)c(N)c1Cl. The zero-order chi connectivity index (χ0) is 14.6. The minimum absolute atomic E-state index is 0.0282. The molecule has 1 amide bonds. The average molecular weight is 328 g/mol. The molecule has 1 rings (SSSR count). The highest BCUT2D eigenvalue weighted by Crippen LogP contribution is 2.32. The Kier molecular flexibility index (Phi) is 5.24. The van der Waals surface area contributed by atoms with Gasteiger partial charge in [-0.1, -0.05) is 23.2 Å². The van der Waals surface area contributed by atoms with Crippen LogP contribution in [0.15, 0.2) is 17.0 Å². The number of rotatable bonds is 5. The number of hydrogen-bond donors (Lipinski definition) is 3. The molecule has 0 aliphatic rings. The summed E-state index contributed by atoms with van der Waals surface area (Å²) in [6.07, 6.45) is -0.993. The summed E-state index contributed by atoms with van der Waals surface area (Å²) in [5, 5.41) is -0.0168. The van der Waals surface area contributed by atoms with Gasteiger partial charge in [-0.2, -0.15) is 0 Å². The molecule has 0 saturated carbocycles. The number of nitrogen functional groups attached to an aromatic ring is 1. The highest BCUT2D eigenvalue weighted by Gasteiger charge is 2.20. The van der Waals surface area contributed by atoms with Gasteiger partial charge in [-0.25, -0.2) is 17.9 Å². The number of benzene rings is 1. The molecule has 0 bridgehead atoms. The number of ether oxygens (including phenoxy) is 1. The average Bonchev–Trinajstić information content (AvgIpc) is 2.31. The van der Waals surface area contributed by atoms with Gasteiger partial charge in [0.15, 0.2) is 0 Å². The first-order chi connectivity index (χ1) is 8.75. The number of amides is 1. The lowest BCUT2D eigenvalue weighted by Crippen LogP contribution is -2.29. The van der Waals surface area contributed by atoms with Gasteiger partial charge in [-0.15, -0.1) is 0 Å². The molecule has 0 aliphatic heterocycles. The Hall–Kier alpha value is -1.22. The van der Waals surface area contributed by atoms with E-state index in [1.165, 1.54) is 12.1 Å². The van der Waals surface area contributed by atoms with Crippen LogP contribution in [-0.2, 0) is 14.8 Å². The molecule has 1 aromatic carbocycles. The van der Waals surface area contributed by atoms with Gasteiger partial charge in [0, 0.05) is 6.54 Å². The summed E-state index contributed by atoms with van der Waals surface area (Å²) >= 11 is 11.5.